The fraction of sp³-hybridized carbons (Fsp3) is 0.700. The van der Waals surface area contributed by atoms with Crippen molar-refractivity contribution in [3.05, 3.63) is 35.9 Å². The lowest BCUT2D eigenvalue weighted by molar-refractivity contribution is 0.270. The molecule has 2 aliphatic rings. The van der Waals surface area contributed by atoms with Gasteiger partial charge in [-0.1, -0.05) is 30.3 Å². The van der Waals surface area contributed by atoms with Crippen molar-refractivity contribution in [2.24, 2.45) is 5.92 Å². The predicted molar refractivity (Wildman–Crippen MR) is 97.8 cm³/mol. The van der Waals surface area contributed by atoms with Gasteiger partial charge in [0.2, 0.25) is 0 Å². The molecule has 2 fully saturated rings. The summed E-state index contributed by atoms with van der Waals surface area (Å²) < 4.78 is 0. The van der Waals surface area contributed by atoms with Crippen LogP contribution in [0.4, 0.5) is 0 Å². The molecule has 1 aromatic rings. The lowest BCUT2D eigenvalue weighted by Gasteiger charge is -2.22. The highest BCUT2D eigenvalue weighted by Crippen LogP contribution is 2.34. The van der Waals surface area contributed by atoms with Gasteiger partial charge >= 0.3 is 0 Å². The molecule has 1 aliphatic heterocycles. The molecule has 0 aromatic heterocycles. The molecule has 1 N–H and O–H groups in total. The molecule has 0 unspecified atom stereocenters. The van der Waals surface area contributed by atoms with Gasteiger partial charge in [0.25, 0.3) is 0 Å². The molecule has 1 heterocycles. The third-order valence-corrected chi connectivity index (χ3v) is 5.36. The highest BCUT2D eigenvalue weighted by atomic mass is 15.2. The second kappa shape index (κ2) is 8.81. The van der Waals surface area contributed by atoms with Gasteiger partial charge in [0, 0.05) is 19.1 Å². The van der Waals surface area contributed by atoms with Crippen LogP contribution in [-0.4, -0.2) is 62.2 Å². The number of hydrogen-bond donors (Lipinski definition) is 1. The first-order valence-electron chi connectivity index (χ1n) is 9.49. The monoisotopic (exact) mass is 315 g/mol. The summed E-state index contributed by atoms with van der Waals surface area (Å²) in [5.74, 6) is 0.919. The molecule has 128 valence electrons. The molecule has 23 heavy (non-hydrogen) atoms. The standard InChI is InChI=1S/C20H33N3/c1-22-12-6-14-23(16-15-22)13-5-11-21-20(19-9-10-19)17-18-7-3-2-4-8-18/h2-4,7-8,19-21H,5-6,9-17H2,1H3/t20-/m0/s1. The maximum Gasteiger partial charge on any atom is 0.0136 e. The molecule has 1 saturated carbocycles. The van der Waals surface area contributed by atoms with Crippen LogP contribution in [0.2, 0.25) is 0 Å². The van der Waals surface area contributed by atoms with E-state index in [0.29, 0.717) is 6.04 Å². The molecule has 3 rings (SSSR count). The molecule has 0 amide bonds. The van der Waals surface area contributed by atoms with Gasteiger partial charge in [-0.05, 0) is 76.8 Å². The number of benzene rings is 1. The van der Waals surface area contributed by atoms with Gasteiger partial charge < -0.3 is 15.1 Å². The largest absolute Gasteiger partial charge is 0.313 e. The van der Waals surface area contributed by atoms with E-state index in [9.17, 15) is 0 Å². The van der Waals surface area contributed by atoms with Crippen molar-refractivity contribution >= 4 is 0 Å². The van der Waals surface area contributed by atoms with E-state index in [2.05, 4.69) is 52.5 Å². The van der Waals surface area contributed by atoms with E-state index >= 15 is 0 Å². The van der Waals surface area contributed by atoms with Crippen molar-refractivity contribution in [3.8, 4) is 0 Å². The third-order valence-electron chi connectivity index (χ3n) is 5.36. The highest BCUT2D eigenvalue weighted by molar-refractivity contribution is 5.16. The Bertz CT molecular complexity index is 443. The van der Waals surface area contributed by atoms with E-state index in [0.717, 1.165) is 5.92 Å². The average Bonchev–Trinajstić information content (AvgIpc) is 3.40. The molecule has 0 bridgehead atoms. The topological polar surface area (TPSA) is 18.5 Å². The summed E-state index contributed by atoms with van der Waals surface area (Å²) in [6.07, 6.45) is 6.64. The first kappa shape index (κ1) is 16.9. The van der Waals surface area contributed by atoms with Crippen molar-refractivity contribution in [3.63, 3.8) is 0 Å². The Morgan fingerprint density at radius 3 is 2.70 bits per heavy atom. The van der Waals surface area contributed by atoms with Crippen molar-refractivity contribution < 1.29 is 0 Å². The summed E-state index contributed by atoms with van der Waals surface area (Å²) in [7, 11) is 2.24. The smallest absolute Gasteiger partial charge is 0.0136 e. The van der Waals surface area contributed by atoms with Gasteiger partial charge in [0.15, 0.2) is 0 Å². The Hall–Kier alpha value is -0.900. The number of hydrogen-bond acceptors (Lipinski definition) is 3. The van der Waals surface area contributed by atoms with Gasteiger partial charge in [0.1, 0.15) is 0 Å². The Labute approximate surface area is 142 Å². The van der Waals surface area contributed by atoms with Gasteiger partial charge in [-0.15, -0.1) is 0 Å². The van der Waals surface area contributed by atoms with Crippen LogP contribution in [-0.2, 0) is 6.42 Å². The molecule has 3 heteroatoms. The first-order chi connectivity index (χ1) is 11.3. The number of nitrogens with zero attached hydrogens (tertiary/aromatic N) is 2. The molecule has 0 spiro atoms. The van der Waals surface area contributed by atoms with E-state index in [4.69, 9.17) is 0 Å². The van der Waals surface area contributed by atoms with Crippen molar-refractivity contribution in [2.45, 2.75) is 38.1 Å². The zero-order valence-electron chi connectivity index (χ0n) is 14.7. The molecule has 1 saturated heterocycles. The van der Waals surface area contributed by atoms with Crippen LogP contribution in [0.25, 0.3) is 0 Å². The average molecular weight is 316 g/mol. The quantitative estimate of drug-likeness (QED) is 0.744. The lowest BCUT2D eigenvalue weighted by atomic mass is 10.0. The third kappa shape index (κ3) is 5.91. The SMILES string of the molecule is CN1CCCN(CCCN[C@@H](Cc2ccccc2)C2CC2)CC1. The molecule has 1 aliphatic carbocycles. The van der Waals surface area contributed by atoms with Crippen molar-refractivity contribution in [2.75, 3.05) is 46.3 Å². The van der Waals surface area contributed by atoms with Crippen LogP contribution in [0.15, 0.2) is 30.3 Å². The zero-order valence-corrected chi connectivity index (χ0v) is 14.7. The summed E-state index contributed by atoms with van der Waals surface area (Å²) in [5, 5.41) is 3.86. The summed E-state index contributed by atoms with van der Waals surface area (Å²) in [6, 6.07) is 11.7. The van der Waals surface area contributed by atoms with Crippen LogP contribution in [0.5, 0.6) is 0 Å². The van der Waals surface area contributed by atoms with Crippen LogP contribution in [0.1, 0.15) is 31.2 Å². The van der Waals surface area contributed by atoms with Crippen molar-refractivity contribution in [1.29, 1.82) is 0 Å². The number of likely N-dealkylation sites (N-methyl/N-ethyl adjacent to an activating group) is 1. The highest BCUT2D eigenvalue weighted by Gasteiger charge is 2.30. The second-order valence-corrected chi connectivity index (χ2v) is 7.44. The van der Waals surface area contributed by atoms with Crippen LogP contribution < -0.4 is 5.32 Å². The minimum absolute atomic E-state index is 0.688. The number of rotatable bonds is 8. The van der Waals surface area contributed by atoms with Crippen LogP contribution in [0.3, 0.4) is 0 Å². The van der Waals surface area contributed by atoms with E-state index in [1.807, 2.05) is 0 Å². The lowest BCUT2D eigenvalue weighted by Crippen LogP contribution is -2.36. The molecular weight excluding hydrogens is 282 g/mol. The minimum atomic E-state index is 0.688. The maximum absolute atomic E-state index is 3.86. The molecule has 1 aromatic carbocycles. The Balaban J connectivity index is 1.36. The summed E-state index contributed by atoms with van der Waals surface area (Å²) >= 11 is 0. The Kier molecular flexibility index (Phi) is 6.49. The fourth-order valence-electron chi connectivity index (χ4n) is 3.69. The van der Waals surface area contributed by atoms with E-state index in [-0.39, 0.29) is 0 Å². The molecule has 1 atom stereocenters. The van der Waals surface area contributed by atoms with Gasteiger partial charge in [-0.25, -0.2) is 0 Å². The fourth-order valence-corrected chi connectivity index (χ4v) is 3.69. The summed E-state index contributed by atoms with van der Waals surface area (Å²) in [5.41, 5.74) is 1.48. The number of nitrogens with one attached hydrogen (secondary N) is 1. The van der Waals surface area contributed by atoms with Gasteiger partial charge in [-0.3, -0.25) is 0 Å². The first-order valence-corrected chi connectivity index (χ1v) is 9.49. The molecular formula is C20H33N3. The Morgan fingerprint density at radius 1 is 1.09 bits per heavy atom. The van der Waals surface area contributed by atoms with Crippen LogP contribution >= 0.6 is 0 Å². The van der Waals surface area contributed by atoms with Gasteiger partial charge in [-0.2, -0.15) is 0 Å². The Morgan fingerprint density at radius 2 is 1.91 bits per heavy atom. The van der Waals surface area contributed by atoms with E-state index < -0.39 is 0 Å². The van der Waals surface area contributed by atoms with E-state index in [1.54, 1.807) is 0 Å². The zero-order chi connectivity index (χ0) is 15.9. The van der Waals surface area contributed by atoms with Crippen molar-refractivity contribution in [1.82, 2.24) is 15.1 Å². The normalized spacial score (nSPS) is 22.0. The van der Waals surface area contributed by atoms with E-state index in [1.165, 1.54) is 76.9 Å². The van der Waals surface area contributed by atoms with Gasteiger partial charge in [0.05, 0.1) is 0 Å². The minimum Gasteiger partial charge on any atom is -0.313 e. The summed E-state index contributed by atoms with van der Waals surface area (Å²) in [4.78, 5) is 5.11. The maximum atomic E-state index is 3.86. The molecule has 0 radical (unpaired) electrons. The summed E-state index contributed by atoms with van der Waals surface area (Å²) in [6.45, 7) is 7.43. The predicted octanol–water partition coefficient (Wildman–Crippen LogP) is 2.62. The molecule has 3 nitrogen and oxygen atoms in total. The van der Waals surface area contributed by atoms with Crippen LogP contribution in [0, 0.1) is 5.92 Å². The second-order valence-electron chi connectivity index (χ2n) is 7.44.